The van der Waals surface area contributed by atoms with Crippen LogP contribution in [0.5, 0.6) is 0 Å². The van der Waals surface area contributed by atoms with Gasteiger partial charge in [0.2, 0.25) is 11.8 Å². The Labute approximate surface area is 116 Å². The fraction of sp³-hybridized carbons (Fsp3) is 0.357. The van der Waals surface area contributed by atoms with Crippen molar-refractivity contribution in [3.05, 3.63) is 35.9 Å². The molecule has 0 spiro atoms. The van der Waals surface area contributed by atoms with Gasteiger partial charge in [-0.05, 0) is 25.1 Å². The maximum atomic E-state index is 5.54. The van der Waals surface area contributed by atoms with Gasteiger partial charge in [-0.1, -0.05) is 6.92 Å². The molecule has 0 fully saturated rings. The van der Waals surface area contributed by atoms with Gasteiger partial charge in [-0.3, -0.25) is 0 Å². The van der Waals surface area contributed by atoms with Crippen LogP contribution in [0.1, 0.15) is 37.6 Å². The van der Waals surface area contributed by atoms with Crippen molar-refractivity contribution < 1.29 is 8.83 Å². The van der Waals surface area contributed by atoms with E-state index in [9.17, 15) is 0 Å². The Morgan fingerprint density at radius 3 is 2.85 bits per heavy atom. The van der Waals surface area contributed by atoms with Crippen molar-refractivity contribution in [1.82, 2.24) is 15.2 Å². The summed E-state index contributed by atoms with van der Waals surface area (Å²) in [4.78, 5) is 4.31. The Hall–Kier alpha value is -2.37. The van der Waals surface area contributed by atoms with E-state index in [0.29, 0.717) is 17.7 Å². The summed E-state index contributed by atoms with van der Waals surface area (Å²) in [6.45, 7) is 5.79. The molecular weight excluding hydrogens is 256 g/mol. The highest BCUT2D eigenvalue weighted by atomic mass is 16.4. The van der Waals surface area contributed by atoms with Gasteiger partial charge in [-0.15, -0.1) is 10.2 Å². The van der Waals surface area contributed by atoms with Gasteiger partial charge in [-0.2, -0.15) is 0 Å². The van der Waals surface area contributed by atoms with E-state index in [1.165, 1.54) is 0 Å². The smallest absolute Gasteiger partial charge is 0.238 e. The van der Waals surface area contributed by atoms with Crippen molar-refractivity contribution in [3.63, 3.8) is 0 Å². The minimum atomic E-state index is -0.0618. The summed E-state index contributed by atoms with van der Waals surface area (Å²) >= 11 is 0. The minimum Gasteiger partial charge on any atom is -0.441 e. The number of aromatic nitrogens is 3. The third-order valence-electron chi connectivity index (χ3n) is 3.03. The van der Waals surface area contributed by atoms with Crippen molar-refractivity contribution in [2.75, 3.05) is 5.32 Å². The number of oxazole rings is 1. The van der Waals surface area contributed by atoms with Crippen LogP contribution in [0.4, 0.5) is 5.69 Å². The number of fused-ring (bicyclic) bond motifs is 1. The molecular formula is C14H16N4O2. The summed E-state index contributed by atoms with van der Waals surface area (Å²) < 4.78 is 11.0. The van der Waals surface area contributed by atoms with E-state index in [0.717, 1.165) is 23.2 Å². The Morgan fingerprint density at radius 2 is 2.10 bits per heavy atom. The zero-order valence-electron chi connectivity index (χ0n) is 11.7. The molecule has 6 heteroatoms. The number of benzene rings is 1. The third-order valence-corrected chi connectivity index (χ3v) is 3.03. The molecule has 1 unspecified atom stereocenters. The number of hydrogen-bond acceptors (Lipinski definition) is 6. The molecule has 6 nitrogen and oxygen atoms in total. The van der Waals surface area contributed by atoms with Crippen LogP contribution in [-0.4, -0.2) is 15.2 Å². The van der Waals surface area contributed by atoms with E-state index in [4.69, 9.17) is 8.83 Å². The molecule has 1 aromatic carbocycles. The van der Waals surface area contributed by atoms with Crippen LogP contribution in [0.2, 0.25) is 0 Å². The van der Waals surface area contributed by atoms with E-state index in [-0.39, 0.29) is 6.04 Å². The van der Waals surface area contributed by atoms with E-state index in [1.807, 2.05) is 39.0 Å². The second-order valence-corrected chi connectivity index (χ2v) is 4.67. The Kier molecular flexibility index (Phi) is 3.14. The maximum absolute atomic E-state index is 5.54. The monoisotopic (exact) mass is 272 g/mol. The lowest BCUT2D eigenvalue weighted by Gasteiger charge is -2.10. The molecule has 2 heterocycles. The topological polar surface area (TPSA) is 77.0 Å². The number of nitrogens with one attached hydrogen (secondary N) is 1. The third kappa shape index (κ3) is 2.36. The van der Waals surface area contributed by atoms with Crippen molar-refractivity contribution >= 4 is 16.8 Å². The number of hydrogen-bond donors (Lipinski definition) is 1. The average Bonchev–Trinajstić information content (AvgIpc) is 3.03. The van der Waals surface area contributed by atoms with Crippen LogP contribution in [0.3, 0.4) is 0 Å². The molecule has 0 aliphatic heterocycles. The molecule has 0 saturated carbocycles. The minimum absolute atomic E-state index is 0.0618. The van der Waals surface area contributed by atoms with Gasteiger partial charge in [-0.25, -0.2) is 4.98 Å². The maximum Gasteiger partial charge on any atom is 0.238 e. The van der Waals surface area contributed by atoms with Crippen LogP contribution in [0.25, 0.3) is 11.1 Å². The average molecular weight is 272 g/mol. The largest absolute Gasteiger partial charge is 0.441 e. The fourth-order valence-corrected chi connectivity index (χ4v) is 2.03. The molecule has 1 N–H and O–H groups in total. The highest BCUT2D eigenvalue weighted by Crippen LogP contribution is 2.23. The van der Waals surface area contributed by atoms with Gasteiger partial charge >= 0.3 is 0 Å². The lowest BCUT2D eigenvalue weighted by atomic mass is 10.2. The lowest BCUT2D eigenvalue weighted by molar-refractivity contribution is 0.439. The number of aryl methyl sites for hydroxylation is 2. The van der Waals surface area contributed by atoms with Crippen molar-refractivity contribution in [3.8, 4) is 0 Å². The highest BCUT2D eigenvalue weighted by molar-refractivity contribution is 5.77. The molecule has 20 heavy (non-hydrogen) atoms. The van der Waals surface area contributed by atoms with Crippen LogP contribution < -0.4 is 5.32 Å². The van der Waals surface area contributed by atoms with Gasteiger partial charge in [0.25, 0.3) is 0 Å². The van der Waals surface area contributed by atoms with E-state index < -0.39 is 0 Å². The highest BCUT2D eigenvalue weighted by Gasteiger charge is 2.13. The normalized spacial score (nSPS) is 12.8. The van der Waals surface area contributed by atoms with Gasteiger partial charge in [0.15, 0.2) is 11.5 Å². The van der Waals surface area contributed by atoms with E-state index in [1.54, 1.807) is 0 Å². The summed E-state index contributed by atoms with van der Waals surface area (Å²) in [7, 11) is 0. The SMILES string of the molecule is CCc1nnc(C(C)Nc2ccc3oc(C)nc3c2)o1. The Bertz CT molecular complexity index is 732. The summed E-state index contributed by atoms with van der Waals surface area (Å²) in [5, 5.41) is 11.3. The first-order valence-electron chi connectivity index (χ1n) is 6.61. The molecule has 1 atom stereocenters. The second kappa shape index (κ2) is 4.96. The van der Waals surface area contributed by atoms with Crippen LogP contribution in [-0.2, 0) is 6.42 Å². The molecule has 3 rings (SSSR count). The van der Waals surface area contributed by atoms with Gasteiger partial charge in [0, 0.05) is 19.0 Å². The molecule has 0 aliphatic carbocycles. The molecule has 0 bridgehead atoms. The number of rotatable bonds is 4. The Balaban J connectivity index is 1.80. The molecule has 0 saturated heterocycles. The molecule has 0 radical (unpaired) electrons. The van der Waals surface area contributed by atoms with Crippen LogP contribution in [0, 0.1) is 6.92 Å². The van der Waals surface area contributed by atoms with Crippen LogP contribution in [0.15, 0.2) is 27.0 Å². The Morgan fingerprint density at radius 1 is 1.25 bits per heavy atom. The first kappa shape index (κ1) is 12.7. The number of anilines is 1. The molecule has 2 aromatic heterocycles. The zero-order valence-corrected chi connectivity index (χ0v) is 11.7. The predicted octanol–water partition coefficient (Wildman–Crippen LogP) is 3.25. The molecule has 0 aliphatic rings. The van der Waals surface area contributed by atoms with Gasteiger partial charge in [0.1, 0.15) is 11.6 Å². The van der Waals surface area contributed by atoms with Crippen LogP contribution >= 0.6 is 0 Å². The molecule has 104 valence electrons. The van der Waals surface area contributed by atoms with E-state index in [2.05, 4.69) is 20.5 Å². The first-order valence-corrected chi connectivity index (χ1v) is 6.61. The standard InChI is InChI=1S/C14H16N4O2/c1-4-13-17-18-14(20-13)8(2)15-10-5-6-12-11(7-10)16-9(3)19-12/h5-8,15H,4H2,1-3H3. The second-order valence-electron chi connectivity index (χ2n) is 4.67. The summed E-state index contributed by atoms with van der Waals surface area (Å²) in [6.07, 6.45) is 0.740. The molecule has 0 amide bonds. The van der Waals surface area contributed by atoms with Gasteiger partial charge < -0.3 is 14.2 Å². The fourth-order valence-electron chi connectivity index (χ4n) is 2.03. The molecule has 3 aromatic rings. The summed E-state index contributed by atoms with van der Waals surface area (Å²) in [5.41, 5.74) is 2.56. The van der Waals surface area contributed by atoms with E-state index >= 15 is 0 Å². The van der Waals surface area contributed by atoms with Crippen molar-refractivity contribution in [1.29, 1.82) is 0 Å². The summed E-state index contributed by atoms with van der Waals surface area (Å²) in [6, 6.07) is 5.73. The predicted molar refractivity (Wildman–Crippen MR) is 74.5 cm³/mol. The lowest BCUT2D eigenvalue weighted by Crippen LogP contribution is -2.06. The zero-order chi connectivity index (χ0) is 14.1. The number of nitrogens with zero attached hydrogens (tertiary/aromatic N) is 3. The quantitative estimate of drug-likeness (QED) is 0.785. The van der Waals surface area contributed by atoms with Gasteiger partial charge in [0.05, 0.1) is 0 Å². The van der Waals surface area contributed by atoms with Crippen molar-refractivity contribution in [2.45, 2.75) is 33.2 Å². The first-order chi connectivity index (χ1) is 9.65. The summed E-state index contributed by atoms with van der Waals surface area (Å²) in [5.74, 6) is 1.89. The van der Waals surface area contributed by atoms with Crippen molar-refractivity contribution in [2.24, 2.45) is 0 Å².